The Morgan fingerprint density at radius 2 is 2.12 bits per heavy atom. The van der Waals surface area contributed by atoms with Gasteiger partial charge < -0.3 is 9.36 Å². The van der Waals surface area contributed by atoms with E-state index in [9.17, 15) is 9.18 Å². The van der Waals surface area contributed by atoms with E-state index in [0.717, 1.165) is 24.9 Å². The third-order valence-corrected chi connectivity index (χ3v) is 2.94. The van der Waals surface area contributed by atoms with Gasteiger partial charge >= 0.3 is 0 Å². The number of unbranched alkanes of at least 4 members (excludes halogenated alkanes) is 1. The van der Waals surface area contributed by atoms with Gasteiger partial charge in [-0.1, -0.05) is 6.07 Å². The van der Waals surface area contributed by atoms with E-state index < -0.39 is 0 Å². The lowest BCUT2D eigenvalue weighted by Gasteiger charge is -2.04. The number of rotatable bonds is 5. The molecule has 0 saturated heterocycles. The van der Waals surface area contributed by atoms with Crippen LogP contribution in [0.15, 0.2) is 30.5 Å². The minimum absolute atomic E-state index is 0.176. The molecule has 1 aromatic heterocycles. The van der Waals surface area contributed by atoms with Crippen LogP contribution in [0.25, 0.3) is 10.9 Å². The quantitative estimate of drug-likeness (QED) is 0.724. The van der Waals surface area contributed by atoms with Crippen LogP contribution in [0.2, 0.25) is 0 Å². The number of ketones is 1. The van der Waals surface area contributed by atoms with Crippen molar-refractivity contribution < 1.29 is 9.18 Å². The first-order valence-electron chi connectivity index (χ1n) is 5.91. The van der Waals surface area contributed by atoms with E-state index in [2.05, 4.69) is 0 Å². The molecule has 0 saturated carbocycles. The Balaban J connectivity index is 2.04. The molecule has 2 rings (SSSR count). The van der Waals surface area contributed by atoms with Crippen molar-refractivity contribution in [1.29, 1.82) is 0 Å². The number of aromatic nitrogens is 1. The smallest absolute Gasteiger partial charge is 0.132 e. The Labute approximate surface area is 100 Å². The molecule has 0 fully saturated rings. The molecule has 90 valence electrons. The lowest BCUT2D eigenvalue weighted by atomic mass is 10.2. The second kappa shape index (κ2) is 5.13. The maximum atomic E-state index is 13.4. The minimum atomic E-state index is -0.176. The SMILES string of the molecule is CC(=O)CCCCn1ccc2c(F)cccc21. The highest BCUT2D eigenvalue weighted by Gasteiger charge is 2.04. The molecule has 0 bridgehead atoms. The zero-order valence-electron chi connectivity index (χ0n) is 9.95. The van der Waals surface area contributed by atoms with Gasteiger partial charge in [0.2, 0.25) is 0 Å². The molecule has 0 aliphatic carbocycles. The average Bonchev–Trinajstić information content (AvgIpc) is 2.69. The molecule has 1 aromatic carbocycles. The van der Waals surface area contributed by atoms with Gasteiger partial charge in [-0.25, -0.2) is 4.39 Å². The fourth-order valence-electron chi connectivity index (χ4n) is 2.04. The normalized spacial score (nSPS) is 10.9. The van der Waals surface area contributed by atoms with Crippen molar-refractivity contribution in [3.63, 3.8) is 0 Å². The second-order valence-electron chi connectivity index (χ2n) is 4.34. The van der Waals surface area contributed by atoms with Crippen LogP contribution in [0.5, 0.6) is 0 Å². The summed E-state index contributed by atoms with van der Waals surface area (Å²) in [6, 6.07) is 6.92. The zero-order chi connectivity index (χ0) is 12.3. The first-order valence-corrected chi connectivity index (χ1v) is 5.91. The van der Waals surface area contributed by atoms with Crippen LogP contribution in [0, 0.1) is 5.82 Å². The van der Waals surface area contributed by atoms with Crippen molar-refractivity contribution in [2.45, 2.75) is 32.7 Å². The molecule has 0 radical (unpaired) electrons. The molecule has 0 atom stereocenters. The molecule has 17 heavy (non-hydrogen) atoms. The third-order valence-electron chi connectivity index (χ3n) is 2.94. The Hall–Kier alpha value is -1.64. The highest BCUT2D eigenvalue weighted by molar-refractivity contribution is 5.80. The summed E-state index contributed by atoms with van der Waals surface area (Å²) in [5.74, 6) is 0.0541. The summed E-state index contributed by atoms with van der Waals surface area (Å²) in [6.07, 6.45) is 4.37. The number of hydrogen-bond acceptors (Lipinski definition) is 1. The number of halogens is 1. The molecule has 0 amide bonds. The fourth-order valence-corrected chi connectivity index (χ4v) is 2.04. The molecule has 3 heteroatoms. The summed E-state index contributed by atoms with van der Waals surface area (Å²) < 4.78 is 15.5. The summed E-state index contributed by atoms with van der Waals surface area (Å²) in [7, 11) is 0. The topological polar surface area (TPSA) is 22.0 Å². The van der Waals surface area contributed by atoms with Gasteiger partial charge in [-0.05, 0) is 38.0 Å². The van der Waals surface area contributed by atoms with Crippen molar-refractivity contribution in [3.8, 4) is 0 Å². The van der Waals surface area contributed by atoms with E-state index in [1.54, 1.807) is 19.1 Å². The number of nitrogens with zero attached hydrogens (tertiary/aromatic N) is 1. The lowest BCUT2D eigenvalue weighted by Crippen LogP contribution is -1.97. The molecule has 0 aliphatic rings. The molecular formula is C14H16FNO. The lowest BCUT2D eigenvalue weighted by molar-refractivity contribution is -0.117. The van der Waals surface area contributed by atoms with E-state index in [1.807, 2.05) is 16.8 Å². The van der Waals surface area contributed by atoms with Crippen LogP contribution in [0.1, 0.15) is 26.2 Å². The van der Waals surface area contributed by atoms with E-state index >= 15 is 0 Å². The molecule has 2 nitrogen and oxygen atoms in total. The zero-order valence-corrected chi connectivity index (χ0v) is 9.95. The summed E-state index contributed by atoms with van der Waals surface area (Å²) in [6.45, 7) is 2.45. The van der Waals surface area contributed by atoms with Crippen molar-refractivity contribution in [3.05, 3.63) is 36.3 Å². The number of fused-ring (bicyclic) bond motifs is 1. The maximum Gasteiger partial charge on any atom is 0.132 e. The summed E-state index contributed by atoms with van der Waals surface area (Å²) in [5.41, 5.74) is 0.924. The third kappa shape index (κ3) is 2.73. The predicted molar refractivity (Wildman–Crippen MR) is 66.4 cm³/mol. The van der Waals surface area contributed by atoms with E-state index in [1.165, 1.54) is 6.07 Å². The van der Waals surface area contributed by atoms with E-state index in [0.29, 0.717) is 11.8 Å². The highest BCUT2D eigenvalue weighted by Crippen LogP contribution is 2.19. The Morgan fingerprint density at radius 3 is 2.88 bits per heavy atom. The number of benzene rings is 1. The number of aryl methyl sites for hydroxylation is 1. The highest BCUT2D eigenvalue weighted by atomic mass is 19.1. The largest absolute Gasteiger partial charge is 0.347 e. The van der Waals surface area contributed by atoms with Crippen molar-refractivity contribution >= 4 is 16.7 Å². The minimum Gasteiger partial charge on any atom is -0.347 e. The monoisotopic (exact) mass is 233 g/mol. The summed E-state index contributed by atoms with van der Waals surface area (Å²) in [5, 5.41) is 0.666. The molecule has 1 heterocycles. The van der Waals surface area contributed by atoms with Crippen molar-refractivity contribution in [1.82, 2.24) is 4.57 Å². The number of carbonyl (C=O) groups excluding carboxylic acids is 1. The van der Waals surface area contributed by atoms with Gasteiger partial charge in [-0.15, -0.1) is 0 Å². The molecule has 0 spiro atoms. The van der Waals surface area contributed by atoms with Gasteiger partial charge in [0.15, 0.2) is 0 Å². The van der Waals surface area contributed by atoms with Crippen LogP contribution in [0.3, 0.4) is 0 Å². The van der Waals surface area contributed by atoms with E-state index in [4.69, 9.17) is 0 Å². The summed E-state index contributed by atoms with van der Waals surface area (Å²) in [4.78, 5) is 10.8. The van der Waals surface area contributed by atoms with Gasteiger partial charge in [0.05, 0.1) is 5.52 Å². The van der Waals surface area contributed by atoms with Gasteiger partial charge in [-0.3, -0.25) is 0 Å². The fraction of sp³-hybridized carbons (Fsp3) is 0.357. The number of Topliss-reactive ketones (excluding diaryl/α,β-unsaturated/α-hetero) is 1. The van der Waals surface area contributed by atoms with Gasteiger partial charge in [-0.2, -0.15) is 0 Å². The molecule has 2 aromatic rings. The Kier molecular flexibility index (Phi) is 3.57. The van der Waals surface area contributed by atoms with Crippen LogP contribution < -0.4 is 0 Å². The molecular weight excluding hydrogens is 217 g/mol. The van der Waals surface area contributed by atoms with Crippen LogP contribution in [-0.4, -0.2) is 10.4 Å². The van der Waals surface area contributed by atoms with Gasteiger partial charge in [0, 0.05) is 24.5 Å². The van der Waals surface area contributed by atoms with Gasteiger partial charge in [0.25, 0.3) is 0 Å². The van der Waals surface area contributed by atoms with Crippen molar-refractivity contribution in [2.24, 2.45) is 0 Å². The predicted octanol–water partition coefficient (Wildman–Crippen LogP) is 3.54. The molecule has 0 unspecified atom stereocenters. The first-order chi connectivity index (χ1) is 8.18. The maximum absolute atomic E-state index is 13.4. The van der Waals surface area contributed by atoms with Gasteiger partial charge in [0.1, 0.15) is 11.6 Å². The van der Waals surface area contributed by atoms with Crippen molar-refractivity contribution in [2.75, 3.05) is 0 Å². The summed E-state index contributed by atoms with van der Waals surface area (Å²) >= 11 is 0. The van der Waals surface area contributed by atoms with Crippen LogP contribution >= 0.6 is 0 Å². The Bertz CT molecular complexity index is 530. The number of carbonyl (C=O) groups is 1. The second-order valence-corrected chi connectivity index (χ2v) is 4.34. The average molecular weight is 233 g/mol. The van der Waals surface area contributed by atoms with Crippen LogP contribution in [0.4, 0.5) is 4.39 Å². The first kappa shape index (κ1) is 11.8. The number of hydrogen-bond donors (Lipinski definition) is 0. The standard InChI is InChI=1S/C14H16FNO/c1-11(17)5-2-3-9-16-10-8-12-13(15)6-4-7-14(12)16/h4,6-8,10H,2-3,5,9H2,1H3. The molecule has 0 N–H and O–H groups in total. The van der Waals surface area contributed by atoms with Crippen LogP contribution in [-0.2, 0) is 11.3 Å². The Morgan fingerprint density at radius 1 is 1.29 bits per heavy atom. The van der Waals surface area contributed by atoms with E-state index in [-0.39, 0.29) is 11.6 Å². The molecule has 0 aliphatic heterocycles.